The third-order valence-corrected chi connectivity index (χ3v) is 2.61. The molecule has 3 N–H and O–H groups in total. The van der Waals surface area contributed by atoms with Gasteiger partial charge in [0.15, 0.2) is 0 Å². The highest BCUT2D eigenvalue weighted by atomic mass is 16.5. The van der Waals surface area contributed by atoms with Crippen LogP contribution in [0.4, 0.5) is 0 Å². The summed E-state index contributed by atoms with van der Waals surface area (Å²) in [5, 5.41) is 8.77. The number of carboxylic acid groups (broad SMARTS) is 1. The molecule has 0 heterocycles. The Balaban J connectivity index is 2.96. The minimum Gasteiger partial charge on any atom is -0.496 e. The molecule has 0 bridgehead atoms. The number of carboxylic acids is 1. The lowest BCUT2D eigenvalue weighted by Crippen LogP contribution is -2.16. The largest absolute Gasteiger partial charge is 0.496 e. The molecule has 0 aliphatic heterocycles. The monoisotopic (exact) mass is 223 g/mol. The molecule has 0 amide bonds. The fraction of sp³-hybridized carbons (Fsp3) is 0.417. The molecular formula is C12H17NO3. The van der Waals surface area contributed by atoms with Gasteiger partial charge < -0.3 is 15.6 Å². The van der Waals surface area contributed by atoms with E-state index in [1.807, 2.05) is 25.1 Å². The highest BCUT2D eigenvalue weighted by molar-refractivity contribution is 5.68. The van der Waals surface area contributed by atoms with E-state index in [9.17, 15) is 4.79 Å². The summed E-state index contributed by atoms with van der Waals surface area (Å²) >= 11 is 0. The van der Waals surface area contributed by atoms with Crippen molar-refractivity contribution in [3.8, 4) is 5.75 Å². The van der Waals surface area contributed by atoms with Crippen LogP contribution in [0.15, 0.2) is 18.2 Å². The fourth-order valence-corrected chi connectivity index (χ4v) is 1.64. The van der Waals surface area contributed by atoms with E-state index in [2.05, 4.69) is 0 Å². The van der Waals surface area contributed by atoms with Gasteiger partial charge >= 0.3 is 5.97 Å². The van der Waals surface area contributed by atoms with Crippen molar-refractivity contribution in [1.29, 1.82) is 0 Å². The Labute approximate surface area is 95.0 Å². The molecule has 4 nitrogen and oxygen atoms in total. The smallest absolute Gasteiger partial charge is 0.304 e. The van der Waals surface area contributed by atoms with Crippen molar-refractivity contribution in [3.05, 3.63) is 29.3 Å². The van der Waals surface area contributed by atoms with Crippen molar-refractivity contribution in [2.45, 2.75) is 19.3 Å². The molecule has 1 atom stereocenters. The van der Waals surface area contributed by atoms with Crippen molar-refractivity contribution in [1.82, 2.24) is 0 Å². The van der Waals surface area contributed by atoms with Gasteiger partial charge in [0.05, 0.1) is 13.5 Å². The summed E-state index contributed by atoms with van der Waals surface area (Å²) in [7, 11) is 1.60. The van der Waals surface area contributed by atoms with E-state index in [0.29, 0.717) is 6.54 Å². The molecule has 0 radical (unpaired) electrons. The number of methoxy groups -OCH3 is 1. The Hall–Kier alpha value is -1.55. The third-order valence-electron chi connectivity index (χ3n) is 2.61. The van der Waals surface area contributed by atoms with Crippen LogP contribution in [0, 0.1) is 6.92 Å². The zero-order valence-electron chi connectivity index (χ0n) is 9.56. The van der Waals surface area contributed by atoms with E-state index in [-0.39, 0.29) is 12.3 Å². The van der Waals surface area contributed by atoms with Gasteiger partial charge in [-0.25, -0.2) is 0 Å². The van der Waals surface area contributed by atoms with Crippen LogP contribution in [0.3, 0.4) is 0 Å². The maximum absolute atomic E-state index is 10.7. The zero-order valence-corrected chi connectivity index (χ0v) is 9.56. The summed E-state index contributed by atoms with van der Waals surface area (Å²) in [4.78, 5) is 10.7. The highest BCUT2D eigenvalue weighted by Gasteiger charge is 2.15. The molecular weight excluding hydrogens is 206 g/mol. The van der Waals surface area contributed by atoms with Gasteiger partial charge in [0.2, 0.25) is 0 Å². The number of benzene rings is 1. The number of hydrogen-bond acceptors (Lipinski definition) is 3. The van der Waals surface area contributed by atoms with Gasteiger partial charge in [-0.3, -0.25) is 4.79 Å². The molecule has 0 aliphatic rings. The number of nitrogens with two attached hydrogens (primary N) is 1. The SMILES string of the molecule is COc1cc(C(CN)CC(=O)O)ccc1C. The highest BCUT2D eigenvalue weighted by Crippen LogP contribution is 2.25. The quantitative estimate of drug-likeness (QED) is 0.793. The fourth-order valence-electron chi connectivity index (χ4n) is 1.64. The maximum Gasteiger partial charge on any atom is 0.304 e. The normalized spacial score (nSPS) is 12.2. The first-order chi connectivity index (χ1) is 7.58. The Morgan fingerprint density at radius 1 is 1.56 bits per heavy atom. The van der Waals surface area contributed by atoms with E-state index in [0.717, 1.165) is 16.9 Å². The van der Waals surface area contributed by atoms with Crippen molar-refractivity contribution in [3.63, 3.8) is 0 Å². The Morgan fingerprint density at radius 3 is 2.75 bits per heavy atom. The number of hydrogen-bond donors (Lipinski definition) is 2. The second kappa shape index (κ2) is 5.51. The van der Waals surface area contributed by atoms with Crippen LogP contribution in [0.25, 0.3) is 0 Å². The number of ether oxygens (including phenoxy) is 1. The lowest BCUT2D eigenvalue weighted by molar-refractivity contribution is -0.137. The Morgan fingerprint density at radius 2 is 2.25 bits per heavy atom. The van der Waals surface area contributed by atoms with E-state index in [1.165, 1.54) is 0 Å². The van der Waals surface area contributed by atoms with Gasteiger partial charge in [0, 0.05) is 5.92 Å². The maximum atomic E-state index is 10.7. The molecule has 0 saturated heterocycles. The summed E-state index contributed by atoms with van der Waals surface area (Å²) in [5.41, 5.74) is 7.51. The Bertz CT molecular complexity index is 377. The van der Waals surface area contributed by atoms with Gasteiger partial charge in [-0.1, -0.05) is 12.1 Å². The summed E-state index contributed by atoms with van der Waals surface area (Å²) in [5.74, 6) is -0.233. The van der Waals surface area contributed by atoms with Crippen molar-refractivity contribution in [2.75, 3.05) is 13.7 Å². The van der Waals surface area contributed by atoms with Crippen molar-refractivity contribution < 1.29 is 14.6 Å². The summed E-state index contributed by atoms with van der Waals surface area (Å²) in [6.07, 6.45) is 0.0444. The lowest BCUT2D eigenvalue weighted by atomic mass is 9.95. The van der Waals surface area contributed by atoms with Crippen LogP contribution in [-0.2, 0) is 4.79 Å². The molecule has 0 aliphatic carbocycles. The predicted octanol–water partition coefficient (Wildman–Crippen LogP) is 1.52. The average Bonchev–Trinajstić information content (AvgIpc) is 2.26. The predicted molar refractivity (Wildman–Crippen MR) is 61.8 cm³/mol. The molecule has 88 valence electrons. The summed E-state index contributed by atoms with van der Waals surface area (Å²) in [6, 6.07) is 5.67. The average molecular weight is 223 g/mol. The number of rotatable bonds is 5. The topological polar surface area (TPSA) is 72.5 Å². The first-order valence-electron chi connectivity index (χ1n) is 5.15. The van der Waals surface area contributed by atoms with Crippen LogP contribution in [0.1, 0.15) is 23.5 Å². The van der Waals surface area contributed by atoms with Gasteiger partial charge in [0.25, 0.3) is 0 Å². The minimum atomic E-state index is -0.838. The second-order valence-corrected chi connectivity index (χ2v) is 3.76. The molecule has 0 fully saturated rings. The standard InChI is InChI=1S/C12H17NO3/c1-8-3-4-9(5-11(8)16-2)10(7-13)6-12(14)15/h3-5,10H,6-7,13H2,1-2H3,(H,14,15). The van der Waals surface area contributed by atoms with E-state index < -0.39 is 5.97 Å². The molecule has 0 aromatic heterocycles. The van der Waals surface area contributed by atoms with Gasteiger partial charge in [0.1, 0.15) is 5.75 Å². The summed E-state index contributed by atoms with van der Waals surface area (Å²) < 4.78 is 5.20. The second-order valence-electron chi connectivity index (χ2n) is 3.76. The van der Waals surface area contributed by atoms with E-state index in [4.69, 9.17) is 15.6 Å². The van der Waals surface area contributed by atoms with Crippen LogP contribution < -0.4 is 10.5 Å². The minimum absolute atomic E-state index is 0.0444. The molecule has 1 aromatic carbocycles. The van der Waals surface area contributed by atoms with Gasteiger partial charge in [-0.05, 0) is 30.7 Å². The summed E-state index contributed by atoms with van der Waals surface area (Å²) in [6.45, 7) is 2.26. The number of carbonyl (C=O) groups is 1. The number of aliphatic carboxylic acids is 1. The van der Waals surface area contributed by atoms with Crippen LogP contribution in [0.2, 0.25) is 0 Å². The number of aryl methyl sites for hydroxylation is 1. The molecule has 4 heteroatoms. The zero-order chi connectivity index (χ0) is 12.1. The van der Waals surface area contributed by atoms with Crippen LogP contribution in [-0.4, -0.2) is 24.7 Å². The molecule has 16 heavy (non-hydrogen) atoms. The van der Waals surface area contributed by atoms with Crippen molar-refractivity contribution in [2.24, 2.45) is 5.73 Å². The molecule has 1 rings (SSSR count). The van der Waals surface area contributed by atoms with Crippen LogP contribution >= 0.6 is 0 Å². The molecule has 0 spiro atoms. The molecule has 0 saturated carbocycles. The van der Waals surface area contributed by atoms with Crippen molar-refractivity contribution >= 4 is 5.97 Å². The molecule has 1 unspecified atom stereocenters. The first-order valence-corrected chi connectivity index (χ1v) is 5.15. The van der Waals surface area contributed by atoms with E-state index in [1.54, 1.807) is 7.11 Å². The van der Waals surface area contributed by atoms with Gasteiger partial charge in [-0.15, -0.1) is 0 Å². The van der Waals surface area contributed by atoms with Gasteiger partial charge in [-0.2, -0.15) is 0 Å². The first kappa shape index (κ1) is 12.5. The Kier molecular flexibility index (Phi) is 4.31. The van der Waals surface area contributed by atoms with E-state index >= 15 is 0 Å². The lowest BCUT2D eigenvalue weighted by Gasteiger charge is -2.14. The third kappa shape index (κ3) is 2.97. The molecule has 1 aromatic rings. The van der Waals surface area contributed by atoms with Crippen LogP contribution in [0.5, 0.6) is 5.75 Å².